The summed E-state index contributed by atoms with van der Waals surface area (Å²) in [5.74, 6) is 0.995. The lowest BCUT2D eigenvalue weighted by Crippen LogP contribution is -2.45. The molecule has 0 rings (SSSR count). The van der Waals surface area contributed by atoms with E-state index in [0.717, 1.165) is 18.8 Å². The summed E-state index contributed by atoms with van der Waals surface area (Å²) in [5.41, 5.74) is 0.232. The van der Waals surface area contributed by atoms with E-state index >= 15 is 0 Å². The summed E-state index contributed by atoms with van der Waals surface area (Å²) in [6, 6.07) is 0.347. The van der Waals surface area contributed by atoms with Gasteiger partial charge in [-0.2, -0.15) is 0 Å². The number of sulfone groups is 1. The third-order valence-corrected chi connectivity index (χ3v) is 4.76. The van der Waals surface area contributed by atoms with Crippen LogP contribution in [-0.4, -0.2) is 46.0 Å². The first-order valence-corrected chi connectivity index (χ1v) is 10.5. The summed E-state index contributed by atoms with van der Waals surface area (Å²) < 4.78 is 22.6. The molecule has 7 heteroatoms. The van der Waals surface area contributed by atoms with Crippen LogP contribution in [0.25, 0.3) is 0 Å². The van der Waals surface area contributed by atoms with Crippen LogP contribution in [-0.2, 0) is 9.84 Å². The first-order chi connectivity index (χ1) is 10.2. The Hall–Kier alpha value is -0.0500. The Labute approximate surface area is 166 Å². The minimum Gasteiger partial charge on any atom is -0.356 e. The van der Waals surface area contributed by atoms with Crippen LogP contribution in [0.4, 0.5) is 0 Å². The first kappa shape index (κ1) is 26.2. The van der Waals surface area contributed by atoms with Crippen LogP contribution >= 0.6 is 24.0 Å². The average Bonchev–Trinajstić information content (AvgIpc) is 2.37. The fourth-order valence-corrected chi connectivity index (χ4v) is 2.95. The van der Waals surface area contributed by atoms with E-state index in [4.69, 9.17) is 0 Å². The molecular weight excluding hydrogens is 437 g/mol. The van der Waals surface area contributed by atoms with Crippen molar-refractivity contribution in [1.82, 2.24) is 10.6 Å². The normalized spacial score (nSPS) is 14.8. The number of halogens is 1. The molecule has 1 atom stereocenters. The molecule has 146 valence electrons. The highest BCUT2D eigenvalue weighted by molar-refractivity contribution is 14.0. The number of aliphatic imine (C=N–C) groups is 1. The number of rotatable bonds is 8. The summed E-state index contributed by atoms with van der Waals surface area (Å²) >= 11 is 0. The molecule has 0 saturated heterocycles. The molecule has 0 spiro atoms. The molecule has 0 aromatic carbocycles. The van der Waals surface area contributed by atoms with Gasteiger partial charge in [-0.25, -0.2) is 8.42 Å². The maximum Gasteiger partial charge on any atom is 0.191 e. The Kier molecular flexibility index (Phi) is 11.8. The van der Waals surface area contributed by atoms with Crippen LogP contribution in [0.1, 0.15) is 60.8 Å². The van der Waals surface area contributed by atoms with E-state index in [0.29, 0.717) is 24.4 Å². The molecule has 0 fully saturated rings. The van der Waals surface area contributed by atoms with E-state index in [1.807, 2.05) is 0 Å². The molecule has 0 aliphatic heterocycles. The molecule has 0 aliphatic carbocycles. The van der Waals surface area contributed by atoms with Gasteiger partial charge in [0.1, 0.15) is 9.84 Å². The van der Waals surface area contributed by atoms with E-state index < -0.39 is 9.84 Å². The van der Waals surface area contributed by atoms with Crippen LogP contribution in [0.5, 0.6) is 0 Å². The zero-order valence-corrected chi connectivity index (χ0v) is 19.8. The molecule has 0 aromatic rings. The number of guanidine groups is 1. The predicted molar refractivity (Wildman–Crippen MR) is 116 cm³/mol. The largest absolute Gasteiger partial charge is 0.356 e. The van der Waals surface area contributed by atoms with Crippen molar-refractivity contribution in [1.29, 1.82) is 0 Å². The van der Waals surface area contributed by atoms with Gasteiger partial charge in [0.15, 0.2) is 5.96 Å². The van der Waals surface area contributed by atoms with E-state index in [9.17, 15) is 8.42 Å². The van der Waals surface area contributed by atoms with Crippen LogP contribution < -0.4 is 10.6 Å². The summed E-state index contributed by atoms with van der Waals surface area (Å²) in [4.78, 5) is 4.26. The fraction of sp³-hybridized carbons (Fsp3) is 0.941. The predicted octanol–water partition coefficient (Wildman–Crippen LogP) is 3.45. The number of hydrogen-bond acceptors (Lipinski definition) is 3. The second kappa shape index (κ2) is 10.8. The molecule has 0 aromatic heterocycles. The van der Waals surface area contributed by atoms with E-state index in [-0.39, 0.29) is 35.1 Å². The highest BCUT2D eigenvalue weighted by Crippen LogP contribution is 2.22. The Morgan fingerprint density at radius 1 is 1.12 bits per heavy atom. The van der Waals surface area contributed by atoms with Gasteiger partial charge in [0.05, 0.1) is 5.75 Å². The van der Waals surface area contributed by atoms with Crippen molar-refractivity contribution in [2.24, 2.45) is 15.8 Å². The SMILES string of the molecule is CN=C(NCC(C)(C)CCS(C)(=O)=O)NC(C)CCC(C)(C)C.I. The third kappa shape index (κ3) is 15.5. The number of hydrogen-bond donors (Lipinski definition) is 2. The van der Waals surface area contributed by atoms with E-state index in [1.165, 1.54) is 6.26 Å². The molecule has 1 unspecified atom stereocenters. The van der Waals surface area contributed by atoms with Gasteiger partial charge in [-0.3, -0.25) is 4.99 Å². The second-order valence-corrected chi connectivity index (χ2v) is 10.9. The zero-order valence-electron chi connectivity index (χ0n) is 16.7. The lowest BCUT2D eigenvalue weighted by molar-refractivity contribution is 0.339. The quantitative estimate of drug-likeness (QED) is 0.321. The maximum atomic E-state index is 11.3. The summed E-state index contributed by atoms with van der Waals surface area (Å²) in [6.45, 7) is 13.7. The van der Waals surface area contributed by atoms with Gasteiger partial charge >= 0.3 is 0 Å². The lowest BCUT2D eigenvalue weighted by atomic mass is 9.89. The Morgan fingerprint density at radius 3 is 2.08 bits per heavy atom. The minimum atomic E-state index is -2.92. The van der Waals surface area contributed by atoms with Gasteiger partial charge in [0, 0.05) is 25.9 Å². The fourth-order valence-electron chi connectivity index (χ4n) is 2.02. The molecule has 24 heavy (non-hydrogen) atoms. The number of nitrogens with one attached hydrogen (secondary N) is 2. The van der Waals surface area contributed by atoms with Gasteiger partial charge in [-0.1, -0.05) is 34.6 Å². The Bertz CT molecular complexity index is 483. The molecule has 0 aliphatic rings. The van der Waals surface area contributed by atoms with Crippen LogP contribution in [0.15, 0.2) is 4.99 Å². The van der Waals surface area contributed by atoms with Crippen molar-refractivity contribution in [3.8, 4) is 0 Å². The van der Waals surface area contributed by atoms with Crippen molar-refractivity contribution < 1.29 is 8.42 Å². The highest BCUT2D eigenvalue weighted by atomic mass is 127. The monoisotopic (exact) mass is 475 g/mol. The van der Waals surface area contributed by atoms with Crippen molar-refractivity contribution in [2.75, 3.05) is 25.6 Å². The van der Waals surface area contributed by atoms with Gasteiger partial charge in [0.25, 0.3) is 0 Å². The summed E-state index contributed by atoms with van der Waals surface area (Å²) in [6.07, 6.45) is 4.16. The Morgan fingerprint density at radius 2 is 1.67 bits per heavy atom. The summed E-state index contributed by atoms with van der Waals surface area (Å²) in [7, 11) is -1.16. The van der Waals surface area contributed by atoms with Gasteiger partial charge in [0.2, 0.25) is 0 Å². The summed E-state index contributed by atoms with van der Waals surface area (Å²) in [5, 5.41) is 6.72. The molecule has 0 amide bonds. The van der Waals surface area contributed by atoms with Gasteiger partial charge in [-0.15, -0.1) is 24.0 Å². The zero-order chi connectivity index (χ0) is 18.3. The van der Waals surface area contributed by atoms with Crippen LogP contribution in [0, 0.1) is 10.8 Å². The van der Waals surface area contributed by atoms with Crippen molar-refractivity contribution in [3.05, 3.63) is 0 Å². The van der Waals surface area contributed by atoms with Crippen molar-refractivity contribution in [3.63, 3.8) is 0 Å². The van der Waals surface area contributed by atoms with Crippen molar-refractivity contribution >= 4 is 39.8 Å². The van der Waals surface area contributed by atoms with Crippen molar-refractivity contribution in [2.45, 2.75) is 66.8 Å². The van der Waals surface area contributed by atoms with Gasteiger partial charge < -0.3 is 10.6 Å². The second-order valence-electron chi connectivity index (χ2n) is 8.61. The molecule has 0 bridgehead atoms. The standard InChI is InChI=1S/C17H37N3O2S.HI/c1-14(9-10-16(2,3)4)20-15(18-7)19-13-17(5,6)11-12-23(8,21)22;/h14H,9-13H2,1-8H3,(H2,18,19,20);1H. The first-order valence-electron chi connectivity index (χ1n) is 8.39. The van der Waals surface area contributed by atoms with Gasteiger partial charge in [-0.05, 0) is 37.0 Å². The topological polar surface area (TPSA) is 70.6 Å². The molecular formula is C17H38IN3O2S. The average molecular weight is 475 g/mol. The minimum absolute atomic E-state index is 0. The smallest absolute Gasteiger partial charge is 0.191 e. The van der Waals surface area contributed by atoms with E-state index in [2.05, 4.69) is 57.2 Å². The van der Waals surface area contributed by atoms with Crippen LogP contribution in [0.3, 0.4) is 0 Å². The molecule has 2 N–H and O–H groups in total. The van der Waals surface area contributed by atoms with E-state index in [1.54, 1.807) is 7.05 Å². The molecule has 0 heterocycles. The number of nitrogens with zero attached hydrogens (tertiary/aromatic N) is 1. The van der Waals surface area contributed by atoms with Crippen LogP contribution in [0.2, 0.25) is 0 Å². The Balaban J connectivity index is 0. The maximum absolute atomic E-state index is 11.3. The lowest BCUT2D eigenvalue weighted by Gasteiger charge is -2.27. The third-order valence-electron chi connectivity index (χ3n) is 3.82. The molecule has 0 radical (unpaired) electrons. The highest BCUT2D eigenvalue weighted by Gasteiger charge is 2.21. The molecule has 0 saturated carbocycles. The molecule has 5 nitrogen and oxygen atoms in total.